The summed E-state index contributed by atoms with van der Waals surface area (Å²) in [6.45, 7) is 2.93. The van der Waals surface area contributed by atoms with Crippen molar-refractivity contribution in [3.8, 4) is 11.3 Å². The first-order valence-electron chi connectivity index (χ1n) is 12.3. The molecule has 0 N–H and O–H groups in total. The number of amides is 3. The molecule has 0 bridgehead atoms. The van der Waals surface area contributed by atoms with Gasteiger partial charge in [0.1, 0.15) is 24.0 Å². The van der Waals surface area contributed by atoms with Gasteiger partial charge in [0.2, 0.25) is 17.7 Å². The average molecular weight is 540 g/mol. The molecule has 198 valence electrons. The fraction of sp³-hybridized carbons (Fsp3) is 0.333. The van der Waals surface area contributed by atoms with E-state index in [0.29, 0.717) is 43.3 Å². The predicted molar refractivity (Wildman–Crippen MR) is 140 cm³/mol. The largest absolute Gasteiger partial charge is 0.339 e. The first-order valence-corrected chi connectivity index (χ1v) is 13.3. The lowest BCUT2D eigenvalue weighted by Gasteiger charge is -2.35. The second-order valence-electron chi connectivity index (χ2n) is 9.30. The van der Waals surface area contributed by atoms with E-state index in [1.165, 1.54) is 35.7 Å². The fourth-order valence-electron chi connectivity index (χ4n) is 4.96. The number of halogens is 2. The fourth-order valence-corrected chi connectivity index (χ4v) is 6.18. The SMILES string of the molecule is CC(=O)N1CCN(C(=O)CN2C(=O)CS[C@@H](c3ccc(F)cc3F)c3c(-c4ccccc4)nn(C)c32)CC1. The van der Waals surface area contributed by atoms with E-state index in [9.17, 15) is 18.8 Å². The van der Waals surface area contributed by atoms with E-state index in [1.54, 1.807) is 21.5 Å². The molecule has 0 unspecified atom stereocenters. The van der Waals surface area contributed by atoms with Gasteiger partial charge in [0.25, 0.3) is 0 Å². The molecule has 2 aliphatic rings. The van der Waals surface area contributed by atoms with Gasteiger partial charge in [-0.25, -0.2) is 8.78 Å². The van der Waals surface area contributed by atoms with Gasteiger partial charge in [0.15, 0.2) is 0 Å². The van der Waals surface area contributed by atoms with Gasteiger partial charge in [-0.1, -0.05) is 36.4 Å². The van der Waals surface area contributed by atoms with Gasteiger partial charge in [-0.15, -0.1) is 11.8 Å². The number of nitrogens with zero attached hydrogens (tertiary/aromatic N) is 5. The molecule has 0 saturated carbocycles. The lowest BCUT2D eigenvalue weighted by molar-refractivity contribution is -0.137. The number of benzene rings is 2. The summed E-state index contributed by atoms with van der Waals surface area (Å²) in [5, 5.41) is 4.05. The Bertz CT molecular complexity index is 1390. The highest BCUT2D eigenvalue weighted by molar-refractivity contribution is 8.00. The molecule has 0 radical (unpaired) electrons. The number of aryl methyl sites for hydroxylation is 1. The summed E-state index contributed by atoms with van der Waals surface area (Å²) in [4.78, 5) is 43.2. The Labute approximate surface area is 223 Å². The number of rotatable bonds is 4. The van der Waals surface area contributed by atoms with Gasteiger partial charge < -0.3 is 9.80 Å². The first kappa shape index (κ1) is 25.9. The molecular weight excluding hydrogens is 512 g/mol. The van der Waals surface area contributed by atoms with E-state index >= 15 is 4.39 Å². The highest BCUT2D eigenvalue weighted by Crippen LogP contribution is 2.48. The van der Waals surface area contributed by atoms with Gasteiger partial charge in [0.05, 0.1) is 16.7 Å². The third-order valence-corrected chi connectivity index (χ3v) is 8.14. The van der Waals surface area contributed by atoms with Crippen LogP contribution in [0.25, 0.3) is 11.3 Å². The molecule has 2 aromatic carbocycles. The molecule has 8 nitrogen and oxygen atoms in total. The smallest absolute Gasteiger partial charge is 0.242 e. The Morgan fingerprint density at radius 2 is 1.71 bits per heavy atom. The molecule has 3 heterocycles. The van der Waals surface area contributed by atoms with Gasteiger partial charge in [-0.05, 0) is 6.07 Å². The summed E-state index contributed by atoms with van der Waals surface area (Å²) in [6.07, 6.45) is 0. The summed E-state index contributed by atoms with van der Waals surface area (Å²) in [5.74, 6) is -1.59. The molecule has 5 rings (SSSR count). The molecule has 2 aliphatic heterocycles. The number of thioether (sulfide) groups is 1. The van der Waals surface area contributed by atoms with E-state index in [1.807, 2.05) is 30.3 Å². The minimum atomic E-state index is -0.711. The average Bonchev–Trinajstić information content (AvgIpc) is 3.17. The molecule has 0 spiro atoms. The molecule has 0 aliphatic carbocycles. The summed E-state index contributed by atoms with van der Waals surface area (Å²) in [7, 11) is 1.69. The Kier molecular flexibility index (Phi) is 7.20. The Balaban J connectivity index is 1.56. The zero-order valence-corrected chi connectivity index (χ0v) is 21.9. The van der Waals surface area contributed by atoms with Crippen molar-refractivity contribution in [1.82, 2.24) is 19.6 Å². The molecule has 38 heavy (non-hydrogen) atoms. The van der Waals surface area contributed by atoms with Gasteiger partial charge in [-0.3, -0.25) is 24.0 Å². The first-order chi connectivity index (χ1) is 18.2. The summed E-state index contributed by atoms with van der Waals surface area (Å²) in [6, 6.07) is 12.8. The highest BCUT2D eigenvalue weighted by atomic mass is 32.2. The number of anilines is 1. The zero-order chi connectivity index (χ0) is 27.0. The van der Waals surface area contributed by atoms with Crippen molar-refractivity contribution in [3.63, 3.8) is 0 Å². The maximum atomic E-state index is 15.1. The third kappa shape index (κ3) is 4.90. The van der Waals surface area contributed by atoms with E-state index in [0.717, 1.165) is 11.6 Å². The maximum Gasteiger partial charge on any atom is 0.242 e. The second-order valence-corrected chi connectivity index (χ2v) is 10.4. The van der Waals surface area contributed by atoms with Crippen LogP contribution >= 0.6 is 11.8 Å². The minimum Gasteiger partial charge on any atom is -0.339 e. The van der Waals surface area contributed by atoms with E-state index < -0.39 is 16.9 Å². The monoisotopic (exact) mass is 539 g/mol. The quantitative estimate of drug-likeness (QED) is 0.509. The summed E-state index contributed by atoms with van der Waals surface area (Å²) < 4.78 is 30.4. The van der Waals surface area contributed by atoms with Crippen molar-refractivity contribution in [2.45, 2.75) is 12.2 Å². The van der Waals surface area contributed by atoms with Crippen LogP contribution in [0.2, 0.25) is 0 Å². The summed E-state index contributed by atoms with van der Waals surface area (Å²) in [5.41, 5.74) is 2.17. The van der Waals surface area contributed by atoms with Crippen molar-refractivity contribution in [2.75, 3.05) is 43.4 Å². The van der Waals surface area contributed by atoms with Crippen molar-refractivity contribution in [1.29, 1.82) is 0 Å². The number of carbonyl (C=O) groups is 3. The van der Waals surface area contributed by atoms with Crippen LogP contribution in [0.1, 0.15) is 23.3 Å². The normalized spacial score (nSPS) is 17.8. The van der Waals surface area contributed by atoms with Crippen LogP contribution in [-0.2, 0) is 21.4 Å². The van der Waals surface area contributed by atoms with Crippen molar-refractivity contribution >= 4 is 35.3 Å². The van der Waals surface area contributed by atoms with E-state index in [-0.39, 0.29) is 35.6 Å². The van der Waals surface area contributed by atoms with Crippen LogP contribution in [0, 0.1) is 11.6 Å². The molecule has 1 aromatic heterocycles. The predicted octanol–water partition coefficient (Wildman–Crippen LogP) is 3.23. The van der Waals surface area contributed by atoms with Gasteiger partial charge in [-0.2, -0.15) is 5.10 Å². The number of carbonyl (C=O) groups excluding carboxylic acids is 3. The van der Waals surface area contributed by atoms with Crippen LogP contribution in [0.4, 0.5) is 14.6 Å². The minimum absolute atomic E-state index is 0.00418. The van der Waals surface area contributed by atoms with Crippen molar-refractivity contribution in [3.05, 3.63) is 71.3 Å². The molecule has 11 heteroatoms. The van der Waals surface area contributed by atoms with Crippen molar-refractivity contribution < 1.29 is 23.2 Å². The standard InChI is InChI=1S/C27H27F2N5O3S/c1-17(35)32-10-12-33(13-11-32)22(36)15-34-23(37)16-38-26(20-9-8-19(28)14-21(20)29)24-25(30-31(2)27(24)34)18-6-4-3-5-7-18/h3-9,14,26H,10-13,15-16H2,1-2H3/t26-/m0/s1. The van der Waals surface area contributed by atoms with Crippen molar-refractivity contribution in [2.24, 2.45) is 7.05 Å². The molecular formula is C27H27F2N5O3S. The maximum absolute atomic E-state index is 15.1. The molecule has 3 amide bonds. The van der Waals surface area contributed by atoms with Crippen LogP contribution in [-0.4, -0.2) is 75.8 Å². The number of hydrogen-bond donors (Lipinski definition) is 0. The van der Waals surface area contributed by atoms with E-state index in [2.05, 4.69) is 0 Å². The molecule has 1 fully saturated rings. The third-order valence-electron chi connectivity index (χ3n) is 6.91. The lowest BCUT2D eigenvalue weighted by Crippen LogP contribution is -2.53. The lowest BCUT2D eigenvalue weighted by atomic mass is 9.99. The number of piperazine rings is 1. The topological polar surface area (TPSA) is 78.8 Å². The zero-order valence-electron chi connectivity index (χ0n) is 21.1. The molecule has 1 saturated heterocycles. The number of aromatic nitrogens is 2. The Morgan fingerprint density at radius 3 is 2.37 bits per heavy atom. The van der Waals surface area contributed by atoms with E-state index in [4.69, 9.17) is 5.10 Å². The van der Waals surface area contributed by atoms with Crippen LogP contribution in [0.15, 0.2) is 48.5 Å². The Hall–Kier alpha value is -3.73. The Morgan fingerprint density at radius 1 is 1.03 bits per heavy atom. The van der Waals surface area contributed by atoms with Crippen LogP contribution < -0.4 is 4.90 Å². The van der Waals surface area contributed by atoms with Crippen LogP contribution in [0.3, 0.4) is 0 Å². The second kappa shape index (κ2) is 10.6. The number of hydrogen-bond acceptors (Lipinski definition) is 5. The highest BCUT2D eigenvalue weighted by Gasteiger charge is 2.38. The molecule has 1 atom stereocenters. The molecule has 3 aromatic rings. The van der Waals surface area contributed by atoms with Gasteiger partial charge in [0, 0.05) is 62.9 Å². The van der Waals surface area contributed by atoms with Gasteiger partial charge >= 0.3 is 0 Å². The number of fused-ring (bicyclic) bond motifs is 1. The van der Waals surface area contributed by atoms with Crippen LogP contribution in [0.5, 0.6) is 0 Å². The summed E-state index contributed by atoms with van der Waals surface area (Å²) >= 11 is 1.22.